The van der Waals surface area contributed by atoms with Crippen molar-refractivity contribution < 1.29 is 27.4 Å². The maximum Gasteiger partial charge on any atom is 0.433 e. The first-order chi connectivity index (χ1) is 16.7. The number of ether oxygens (including phenoxy) is 2. The number of aromatic nitrogens is 4. The molecule has 0 aliphatic carbocycles. The third kappa shape index (κ3) is 5.45. The molecule has 0 spiro atoms. The molecular formula is C22H23F3N6O3S. The summed E-state index contributed by atoms with van der Waals surface area (Å²) >= 11 is 0.998. The maximum atomic E-state index is 13.7. The van der Waals surface area contributed by atoms with E-state index < -0.39 is 17.9 Å². The van der Waals surface area contributed by atoms with Gasteiger partial charge in [0.25, 0.3) is 0 Å². The summed E-state index contributed by atoms with van der Waals surface area (Å²) in [4.78, 5) is 21.3. The SMILES string of the molecule is COc1cc(-c2nc(C(F)(F)F)cc(C(C)C)c2NC(=O)NSc2cnn3c2OCCC3)ccn1. The average molecular weight is 509 g/mol. The monoisotopic (exact) mass is 508 g/mol. The Kier molecular flexibility index (Phi) is 7.05. The Morgan fingerprint density at radius 3 is 2.83 bits per heavy atom. The summed E-state index contributed by atoms with van der Waals surface area (Å²) < 4.78 is 56.1. The number of fused-ring (bicyclic) bond motifs is 1. The Morgan fingerprint density at radius 1 is 1.31 bits per heavy atom. The number of alkyl halides is 3. The summed E-state index contributed by atoms with van der Waals surface area (Å²) in [5, 5.41) is 6.91. The second kappa shape index (κ2) is 10.0. The number of amides is 2. The Bertz CT molecular complexity index is 1230. The van der Waals surface area contributed by atoms with Crippen LogP contribution in [0.3, 0.4) is 0 Å². The van der Waals surface area contributed by atoms with Crippen LogP contribution in [0.2, 0.25) is 0 Å². The lowest BCUT2D eigenvalue weighted by atomic mass is 9.97. The zero-order chi connectivity index (χ0) is 25.2. The number of carbonyl (C=O) groups is 1. The van der Waals surface area contributed by atoms with Gasteiger partial charge >= 0.3 is 12.2 Å². The zero-order valence-corrected chi connectivity index (χ0v) is 20.0. The predicted molar refractivity (Wildman–Crippen MR) is 123 cm³/mol. The van der Waals surface area contributed by atoms with E-state index in [0.717, 1.165) is 31.0 Å². The first-order valence-electron chi connectivity index (χ1n) is 10.7. The Balaban J connectivity index is 1.68. The van der Waals surface area contributed by atoms with Gasteiger partial charge in [-0.05, 0) is 35.6 Å². The zero-order valence-electron chi connectivity index (χ0n) is 19.1. The number of rotatable bonds is 6. The molecule has 9 nitrogen and oxygen atoms in total. The van der Waals surface area contributed by atoms with Crippen molar-refractivity contribution in [1.29, 1.82) is 0 Å². The molecule has 0 saturated carbocycles. The second-order valence-electron chi connectivity index (χ2n) is 7.96. The molecule has 0 saturated heterocycles. The van der Waals surface area contributed by atoms with Gasteiger partial charge in [0.1, 0.15) is 10.6 Å². The largest absolute Gasteiger partial charge is 0.481 e. The molecule has 4 rings (SSSR count). The normalized spacial score (nSPS) is 13.2. The molecular weight excluding hydrogens is 485 g/mol. The van der Waals surface area contributed by atoms with E-state index in [0.29, 0.717) is 22.9 Å². The molecule has 0 atom stereocenters. The van der Waals surface area contributed by atoms with Crippen molar-refractivity contribution in [3.05, 3.63) is 41.9 Å². The van der Waals surface area contributed by atoms with Crippen LogP contribution in [-0.2, 0) is 12.7 Å². The van der Waals surface area contributed by atoms with Gasteiger partial charge in [0, 0.05) is 30.8 Å². The van der Waals surface area contributed by atoms with E-state index in [9.17, 15) is 18.0 Å². The van der Waals surface area contributed by atoms with Gasteiger partial charge in [-0.1, -0.05) is 13.8 Å². The summed E-state index contributed by atoms with van der Waals surface area (Å²) in [6.07, 6.45) is -0.852. The Labute approximate surface area is 203 Å². The number of carbonyl (C=O) groups excluding carboxylic acids is 1. The first-order valence-corrected chi connectivity index (χ1v) is 11.5. The molecule has 0 fully saturated rings. The molecule has 2 amide bonds. The average Bonchev–Trinajstić information content (AvgIpc) is 3.25. The predicted octanol–water partition coefficient (Wildman–Crippen LogP) is 5.10. The van der Waals surface area contributed by atoms with Crippen molar-refractivity contribution in [3.8, 4) is 23.0 Å². The van der Waals surface area contributed by atoms with Crippen LogP contribution in [0.4, 0.5) is 23.7 Å². The van der Waals surface area contributed by atoms with Crippen molar-refractivity contribution in [1.82, 2.24) is 24.5 Å². The summed E-state index contributed by atoms with van der Waals surface area (Å²) in [6, 6.07) is 3.28. The van der Waals surface area contributed by atoms with Crippen molar-refractivity contribution in [3.63, 3.8) is 0 Å². The lowest BCUT2D eigenvalue weighted by Gasteiger charge is -2.20. The van der Waals surface area contributed by atoms with Gasteiger partial charge in [-0.15, -0.1) is 0 Å². The van der Waals surface area contributed by atoms with Crippen LogP contribution in [0.1, 0.15) is 37.4 Å². The summed E-state index contributed by atoms with van der Waals surface area (Å²) in [5.74, 6) is 0.413. The number of methoxy groups -OCH3 is 1. The number of hydrogen-bond acceptors (Lipinski definition) is 7. The fourth-order valence-corrected chi connectivity index (χ4v) is 4.13. The van der Waals surface area contributed by atoms with E-state index in [-0.39, 0.29) is 28.7 Å². The van der Waals surface area contributed by atoms with Gasteiger partial charge in [-0.2, -0.15) is 18.3 Å². The molecule has 3 aromatic rings. The molecule has 1 aliphatic heterocycles. The number of hydrogen-bond donors (Lipinski definition) is 2. The minimum atomic E-state index is -4.67. The number of nitrogens with zero attached hydrogens (tertiary/aromatic N) is 4. The minimum Gasteiger partial charge on any atom is -0.481 e. The summed E-state index contributed by atoms with van der Waals surface area (Å²) in [5.41, 5.74) is -0.351. The van der Waals surface area contributed by atoms with E-state index in [2.05, 4.69) is 25.1 Å². The van der Waals surface area contributed by atoms with Crippen molar-refractivity contribution in [2.75, 3.05) is 19.0 Å². The molecule has 0 aromatic carbocycles. The third-order valence-electron chi connectivity index (χ3n) is 5.18. The van der Waals surface area contributed by atoms with Crippen LogP contribution >= 0.6 is 11.9 Å². The fraction of sp³-hybridized carbons (Fsp3) is 0.364. The highest BCUT2D eigenvalue weighted by molar-refractivity contribution is 7.98. The van der Waals surface area contributed by atoms with Crippen LogP contribution in [-0.4, -0.2) is 39.5 Å². The van der Waals surface area contributed by atoms with Gasteiger partial charge in [-0.25, -0.2) is 19.4 Å². The molecule has 186 valence electrons. The van der Waals surface area contributed by atoms with Gasteiger partial charge in [0.15, 0.2) is 0 Å². The van der Waals surface area contributed by atoms with Crippen LogP contribution in [0.25, 0.3) is 11.3 Å². The number of halogens is 3. The van der Waals surface area contributed by atoms with Gasteiger partial charge in [0.2, 0.25) is 11.8 Å². The highest BCUT2D eigenvalue weighted by Gasteiger charge is 2.35. The second-order valence-corrected chi connectivity index (χ2v) is 8.81. The molecule has 13 heteroatoms. The highest BCUT2D eigenvalue weighted by Crippen LogP contribution is 2.39. The molecule has 0 unspecified atom stereocenters. The van der Waals surface area contributed by atoms with Crippen molar-refractivity contribution in [2.45, 2.75) is 43.8 Å². The number of anilines is 1. The fourth-order valence-electron chi connectivity index (χ4n) is 3.53. The number of urea groups is 1. The Morgan fingerprint density at radius 2 is 2.11 bits per heavy atom. The van der Waals surface area contributed by atoms with Crippen LogP contribution in [0.15, 0.2) is 35.5 Å². The standard InChI is InChI=1S/C22H23F3N6O3S/c1-12(2)14-10-16(22(23,24)25)28-18(13-5-6-26-17(9-13)33-3)19(14)29-21(32)30-35-15-11-27-31-7-4-8-34-20(15)31/h5-6,9-12H,4,7-8H2,1-3H3,(H2,29,30,32). The molecule has 3 aromatic heterocycles. The van der Waals surface area contributed by atoms with Crippen LogP contribution in [0, 0.1) is 0 Å². The molecule has 35 heavy (non-hydrogen) atoms. The smallest absolute Gasteiger partial charge is 0.433 e. The quantitative estimate of drug-likeness (QED) is 0.447. The molecule has 0 radical (unpaired) electrons. The van der Waals surface area contributed by atoms with Crippen molar-refractivity contribution >= 4 is 23.7 Å². The molecule has 1 aliphatic rings. The van der Waals surface area contributed by atoms with Crippen molar-refractivity contribution in [2.24, 2.45) is 0 Å². The summed E-state index contributed by atoms with van der Waals surface area (Å²) in [7, 11) is 1.40. The summed E-state index contributed by atoms with van der Waals surface area (Å²) in [6.45, 7) is 4.75. The topological polar surface area (TPSA) is 103 Å². The van der Waals surface area contributed by atoms with E-state index in [1.807, 2.05) is 0 Å². The van der Waals surface area contributed by atoms with Gasteiger partial charge < -0.3 is 14.8 Å². The lowest BCUT2D eigenvalue weighted by molar-refractivity contribution is -0.141. The van der Waals surface area contributed by atoms with E-state index >= 15 is 0 Å². The molecule has 2 N–H and O–H groups in total. The minimum absolute atomic E-state index is 0.0457. The Hall–Kier alpha value is -3.48. The number of pyridine rings is 2. The third-order valence-corrected chi connectivity index (χ3v) is 5.97. The van der Waals surface area contributed by atoms with E-state index in [1.165, 1.54) is 25.4 Å². The van der Waals surface area contributed by atoms with Crippen LogP contribution in [0.5, 0.6) is 11.8 Å². The number of nitrogens with one attached hydrogen (secondary N) is 2. The first kappa shape index (κ1) is 24.6. The van der Waals surface area contributed by atoms with Gasteiger partial charge in [-0.3, -0.25) is 4.72 Å². The maximum absolute atomic E-state index is 13.7. The van der Waals surface area contributed by atoms with Gasteiger partial charge in [0.05, 0.1) is 31.3 Å². The number of aryl methyl sites for hydroxylation is 1. The van der Waals surface area contributed by atoms with E-state index in [1.54, 1.807) is 24.7 Å². The van der Waals surface area contributed by atoms with E-state index in [4.69, 9.17) is 9.47 Å². The highest BCUT2D eigenvalue weighted by atomic mass is 32.2. The van der Waals surface area contributed by atoms with Crippen LogP contribution < -0.4 is 19.5 Å². The lowest BCUT2D eigenvalue weighted by Crippen LogP contribution is -2.25. The molecule has 4 heterocycles. The molecule has 0 bridgehead atoms.